The largest absolute Gasteiger partial charge is 0.387 e. The van der Waals surface area contributed by atoms with Gasteiger partial charge in [-0.25, -0.2) is 8.42 Å². The van der Waals surface area contributed by atoms with Gasteiger partial charge in [0.1, 0.15) is 0 Å². The summed E-state index contributed by atoms with van der Waals surface area (Å²) >= 11 is 0. The Kier molecular flexibility index (Phi) is 6.81. The highest BCUT2D eigenvalue weighted by Gasteiger charge is 2.10. The fourth-order valence-electron chi connectivity index (χ4n) is 1.69. The molecule has 0 aliphatic rings. The Hall–Kier alpha value is -0.760. The Labute approximate surface area is 122 Å². The summed E-state index contributed by atoms with van der Waals surface area (Å²) in [6.07, 6.45) is 2.93. The second-order valence-corrected chi connectivity index (χ2v) is 8.26. The van der Waals surface area contributed by atoms with E-state index in [0.29, 0.717) is 24.4 Å². The van der Waals surface area contributed by atoms with Crippen LogP contribution in [0, 0.1) is 0 Å². The molecule has 2 atom stereocenters. The molecule has 114 valence electrons. The molecule has 0 saturated heterocycles. The predicted molar refractivity (Wildman–Crippen MR) is 80.9 cm³/mol. The van der Waals surface area contributed by atoms with E-state index in [-0.39, 0.29) is 4.90 Å². The van der Waals surface area contributed by atoms with Crippen molar-refractivity contribution in [1.82, 2.24) is 5.32 Å². The number of benzene rings is 1. The number of aliphatic hydroxyl groups excluding tert-OH is 1. The van der Waals surface area contributed by atoms with E-state index in [1.807, 2.05) is 0 Å². The molecule has 20 heavy (non-hydrogen) atoms. The summed E-state index contributed by atoms with van der Waals surface area (Å²) in [6, 6.07) is 6.22. The SMILES string of the molecule is CS(=O)CCCNCC(O)c1ccc(S(C)(=O)=O)cc1. The van der Waals surface area contributed by atoms with Crippen molar-refractivity contribution in [2.24, 2.45) is 0 Å². The van der Waals surface area contributed by atoms with Crippen molar-refractivity contribution in [2.45, 2.75) is 17.4 Å². The number of sulfone groups is 1. The van der Waals surface area contributed by atoms with Gasteiger partial charge in [0.2, 0.25) is 0 Å². The van der Waals surface area contributed by atoms with Gasteiger partial charge in [0.15, 0.2) is 9.84 Å². The van der Waals surface area contributed by atoms with Crippen molar-refractivity contribution in [2.75, 3.05) is 31.4 Å². The summed E-state index contributed by atoms with van der Waals surface area (Å²) in [4.78, 5) is 0.242. The van der Waals surface area contributed by atoms with Gasteiger partial charge in [-0.15, -0.1) is 0 Å². The average molecular weight is 319 g/mol. The minimum absolute atomic E-state index is 0.242. The van der Waals surface area contributed by atoms with Gasteiger partial charge in [0, 0.05) is 35.6 Å². The van der Waals surface area contributed by atoms with Gasteiger partial charge in [-0.3, -0.25) is 4.21 Å². The van der Waals surface area contributed by atoms with Gasteiger partial charge in [0.05, 0.1) is 11.0 Å². The van der Waals surface area contributed by atoms with E-state index in [1.54, 1.807) is 18.4 Å². The van der Waals surface area contributed by atoms with E-state index in [2.05, 4.69) is 5.32 Å². The van der Waals surface area contributed by atoms with Crippen LogP contribution < -0.4 is 5.32 Å². The van der Waals surface area contributed by atoms with Crippen LogP contribution in [-0.4, -0.2) is 49.1 Å². The van der Waals surface area contributed by atoms with E-state index in [0.717, 1.165) is 12.7 Å². The summed E-state index contributed by atoms with van der Waals surface area (Å²) in [5, 5.41) is 13.0. The number of rotatable bonds is 8. The maximum absolute atomic E-state index is 11.3. The lowest BCUT2D eigenvalue weighted by atomic mass is 10.1. The molecule has 1 aromatic carbocycles. The molecule has 0 radical (unpaired) electrons. The third kappa shape index (κ3) is 6.13. The van der Waals surface area contributed by atoms with Crippen LogP contribution >= 0.6 is 0 Å². The summed E-state index contributed by atoms with van der Waals surface area (Å²) in [7, 11) is -3.99. The molecule has 0 bridgehead atoms. The smallest absolute Gasteiger partial charge is 0.175 e. The minimum atomic E-state index is -3.20. The van der Waals surface area contributed by atoms with Gasteiger partial charge in [0.25, 0.3) is 0 Å². The van der Waals surface area contributed by atoms with E-state index < -0.39 is 26.7 Å². The minimum Gasteiger partial charge on any atom is -0.387 e. The molecule has 0 saturated carbocycles. The molecule has 2 unspecified atom stereocenters. The summed E-state index contributed by atoms with van der Waals surface area (Å²) in [5.41, 5.74) is 0.670. The van der Waals surface area contributed by atoms with E-state index in [1.165, 1.54) is 12.1 Å². The molecule has 1 rings (SSSR count). The highest BCUT2D eigenvalue weighted by atomic mass is 32.2. The molecule has 0 fully saturated rings. The van der Waals surface area contributed by atoms with Crippen LogP contribution in [0.4, 0.5) is 0 Å². The van der Waals surface area contributed by atoms with Crippen molar-refractivity contribution in [3.63, 3.8) is 0 Å². The summed E-state index contributed by atoms with van der Waals surface area (Å²) in [6.45, 7) is 1.08. The van der Waals surface area contributed by atoms with Crippen LogP contribution in [0.25, 0.3) is 0 Å². The fourth-order valence-corrected chi connectivity index (χ4v) is 2.88. The number of hydrogen-bond acceptors (Lipinski definition) is 5. The van der Waals surface area contributed by atoms with Gasteiger partial charge in [-0.2, -0.15) is 0 Å². The lowest BCUT2D eigenvalue weighted by molar-refractivity contribution is 0.175. The molecule has 1 aromatic rings. The molecule has 0 aromatic heterocycles. The first-order valence-corrected chi connectivity index (χ1v) is 9.91. The quantitative estimate of drug-likeness (QED) is 0.681. The second-order valence-electron chi connectivity index (χ2n) is 4.69. The Morgan fingerprint density at radius 3 is 2.40 bits per heavy atom. The standard InChI is InChI=1S/C13H21NO4S2/c1-19(16)9-3-8-14-10-13(15)11-4-6-12(7-5-11)20(2,17)18/h4-7,13-15H,3,8-10H2,1-2H3. The normalized spacial score (nSPS) is 14.9. The Morgan fingerprint density at radius 1 is 1.30 bits per heavy atom. The zero-order chi connectivity index (χ0) is 15.2. The highest BCUT2D eigenvalue weighted by Crippen LogP contribution is 2.15. The van der Waals surface area contributed by atoms with Crippen LogP contribution in [0.15, 0.2) is 29.2 Å². The van der Waals surface area contributed by atoms with E-state index in [9.17, 15) is 17.7 Å². The lowest BCUT2D eigenvalue weighted by Gasteiger charge is -2.12. The zero-order valence-electron chi connectivity index (χ0n) is 11.7. The van der Waals surface area contributed by atoms with Crippen LogP contribution in [0.2, 0.25) is 0 Å². The molecule has 0 amide bonds. The maximum atomic E-state index is 11.3. The van der Waals surface area contributed by atoms with Crippen molar-refractivity contribution < 1.29 is 17.7 Å². The van der Waals surface area contributed by atoms with Gasteiger partial charge < -0.3 is 10.4 Å². The van der Waals surface area contributed by atoms with Gasteiger partial charge in [-0.05, 0) is 30.7 Å². The molecule has 0 aliphatic carbocycles. The van der Waals surface area contributed by atoms with Crippen LogP contribution in [0.5, 0.6) is 0 Å². The fraction of sp³-hybridized carbons (Fsp3) is 0.538. The number of nitrogens with one attached hydrogen (secondary N) is 1. The third-order valence-electron chi connectivity index (χ3n) is 2.82. The average Bonchev–Trinajstić information content (AvgIpc) is 2.37. The molecule has 7 heteroatoms. The summed E-state index contributed by atoms with van der Waals surface area (Å²) in [5.74, 6) is 0.645. The Balaban J connectivity index is 2.44. The second kappa shape index (κ2) is 7.87. The van der Waals surface area contributed by atoms with Crippen LogP contribution in [-0.2, 0) is 20.6 Å². The molecule has 5 nitrogen and oxygen atoms in total. The molecular weight excluding hydrogens is 298 g/mol. The topological polar surface area (TPSA) is 83.5 Å². The molecule has 2 N–H and O–H groups in total. The monoisotopic (exact) mass is 319 g/mol. The number of hydrogen-bond donors (Lipinski definition) is 2. The first kappa shape index (κ1) is 17.3. The van der Waals surface area contributed by atoms with Crippen LogP contribution in [0.1, 0.15) is 18.1 Å². The number of aliphatic hydroxyl groups is 1. The predicted octanol–water partition coefficient (Wildman–Crippen LogP) is 0.482. The van der Waals surface area contributed by atoms with Crippen LogP contribution in [0.3, 0.4) is 0 Å². The third-order valence-corrected chi connectivity index (χ3v) is 4.81. The first-order chi connectivity index (χ1) is 9.30. The van der Waals surface area contributed by atoms with Crippen molar-refractivity contribution in [3.05, 3.63) is 29.8 Å². The Morgan fingerprint density at radius 2 is 1.90 bits per heavy atom. The Bertz CT molecular complexity index is 540. The molecule has 0 heterocycles. The lowest BCUT2D eigenvalue weighted by Crippen LogP contribution is -2.23. The van der Waals surface area contributed by atoms with Gasteiger partial charge >= 0.3 is 0 Å². The summed E-state index contributed by atoms with van der Waals surface area (Å²) < 4.78 is 33.5. The van der Waals surface area contributed by atoms with Crippen molar-refractivity contribution in [1.29, 1.82) is 0 Å². The highest BCUT2D eigenvalue weighted by molar-refractivity contribution is 7.90. The van der Waals surface area contributed by atoms with Gasteiger partial charge in [-0.1, -0.05) is 12.1 Å². The zero-order valence-corrected chi connectivity index (χ0v) is 13.3. The maximum Gasteiger partial charge on any atom is 0.175 e. The van der Waals surface area contributed by atoms with E-state index in [4.69, 9.17) is 0 Å². The van der Waals surface area contributed by atoms with Crippen molar-refractivity contribution >= 4 is 20.6 Å². The molecular formula is C13H21NO4S2. The molecule has 0 spiro atoms. The van der Waals surface area contributed by atoms with Crippen molar-refractivity contribution in [3.8, 4) is 0 Å². The first-order valence-electron chi connectivity index (χ1n) is 6.29. The molecule has 0 aliphatic heterocycles. The van der Waals surface area contributed by atoms with E-state index >= 15 is 0 Å².